The van der Waals surface area contributed by atoms with E-state index < -0.39 is 30.5 Å². The van der Waals surface area contributed by atoms with Gasteiger partial charge in [-0.3, -0.25) is 4.98 Å². The van der Waals surface area contributed by atoms with E-state index in [1.807, 2.05) is 0 Å². The Morgan fingerprint density at radius 2 is 2.15 bits per heavy atom. The lowest BCUT2D eigenvalue weighted by Crippen LogP contribution is -2.48. The third-order valence-corrected chi connectivity index (χ3v) is 4.85. The van der Waals surface area contributed by atoms with E-state index in [0.29, 0.717) is 21.8 Å². The zero-order chi connectivity index (χ0) is 20.2. The average molecular weight is 399 g/mol. The van der Waals surface area contributed by atoms with Crippen LogP contribution in [0.15, 0.2) is 59.9 Å². The molecule has 0 aromatic carbocycles. The number of alkyl halides is 3. The van der Waals surface area contributed by atoms with Gasteiger partial charge in [0, 0.05) is 28.7 Å². The van der Waals surface area contributed by atoms with E-state index in [-0.39, 0.29) is 0 Å². The van der Waals surface area contributed by atoms with Crippen LogP contribution in [0.5, 0.6) is 0 Å². The molecule has 2 aromatic rings. The molecule has 0 fully saturated rings. The van der Waals surface area contributed by atoms with Crippen LogP contribution in [0.1, 0.15) is 26.0 Å². The van der Waals surface area contributed by atoms with Crippen molar-refractivity contribution in [1.82, 2.24) is 9.97 Å². The summed E-state index contributed by atoms with van der Waals surface area (Å²) in [6.07, 6.45) is 1.84. The molecule has 0 saturated carbocycles. The lowest BCUT2D eigenvalue weighted by atomic mass is 9.83. The quantitative estimate of drug-likeness (QED) is 0.589. The minimum Gasteiger partial charge on any atom is -0.380 e. The second-order valence-corrected chi connectivity index (χ2v) is 7.03. The van der Waals surface area contributed by atoms with Crippen LogP contribution >= 0.6 is 11.6 Å². The van der Waals surface area contributed by atoms with Gasteiger partial charge in [-0.2, -0.15) is 13.2 Å². The lowest BCUT2D eigenvalue weighted by Gasteiger charge is -2.33. The van der Waals surface area contributed by atoms with E-state index in [0.717, 1.165) is 5.39 Å². The van der Waals surface area contributed by atoms with Crippen molar-refractivity contribution in [3.63, 3.8) is 0 Å². The number of aromatic amines is 1. The van der Waals surface area contributed by atoms with Crippen LogP contribution in [-0.2, 0) is 6.42 Å². The van der Waals surface area contributed by atoms with E-state index in [1.54, 1.807) is 44.3 Å². The first-order valence-electron chi connectivity index (χ1n) is 8.46. The Morgan fingerprint density at radius 1 is 1.44 bits per heavy atom. The van der Waals surface area contributed by atoms with Crippen LogP contribution in [0.2, 0.25) is 0 Å². The number of nitrogens with one attached hydrogen (secondary N) is 1. The number of aromatic nitrogens is 2. The summed E-state index contributed by atoms with van der Waals surface area (Å²) in [5, 5.41) is 11.7. The molecule has 2 N–H and O–H groups in total. The molecule has 27 heavy (non-hydrogen) atoms. The van der Waals surface area contributed by atoms with Gasteiger partial charge >= 0.3 is 6.18 Å². The van der Waals surface area contributed by atoms with Crippen molar-refractivity contribution in [2.75, 3.05) is 0 Å². The Kier molecular flexibility index (Phi) is 6.54. The van der Waals surface area contributed by atoms with Gasteiger partial charge in [-0.15, -0.1) is 0 Å². The number of nitrogens with zero attached hydrogens (tertiary/aromatic N) is 1. The van der Waals surface area contributed by atoms with Crippen molar-refractivity contribution in [2.45, 2.75) is 38.5 Å². The summed E-state index contributed by atoms with van der Waals surface area (Å²) < 4.78 is 41.2. The van der Waals surface area contributed by atoms with Gasteiger partial charge < -0.3 is 10.1 Å². The molecule has 0 aliphatic rings. The van der Waals surface area contributed by atoms with Crippen molar-refractivity contribution in [3.8, 4) is 0 Å². The van der Waals surface area contributed by atoms with Crippen LogP contribution in [0.4, 0.5) is 13.2 Å². The van der Waals surface area contributed by atoms with Gasteiger partial charge in [0.25, 0.3) is 0 Å². The predicted octanol–water partition coefficient (Wildman–Crippen LogP) is 5.68. The maximum absolute atomic E-state index is 13.7. The fourth-order valence-corrected chi connectivity index (χ4v) is 3.13. The van der Waals surface area contributed by atoms with Crippen LogP contribution in [0.3, 0.4) is 0 Å². The highest BCUT2D eigenvalue weighted by Crippen LogP contribution is 2.40. The Labute approximate surface area is 161 Å². The number of allylic oxidation sites excluding steroid dienone is 5. The molecule has 0 amide bonds. The van der Waals surface area contributed by atoms with Gasteiger partial charge in [-0.25, -0.2) is 0 Å². The summed E-state index contributed by atoms with van der Waals surface area (Å²) in [6.45, 7) is 6.98. The molecule has 0 bridgehead atoms. The first kappa shape index (κ1) is 21.3. The molecule has 0 spiro atoms. The predicted molar refractivity (Wildman–Crippen MR) is 102 cm³/mol. The highest BCUT2D eigenvalue weighted by molar-refractivity contribution is 6.31. The normalized spacial score (nSPS) is 17.0. The molecular weight excluding hydrogens is 377 g/mol. The highest BCUT2D eigenvalue weighted by atomic mass is 35.5. The Bertz CT molecular complexity index is 836. The third kappa shape index (κ3) is 5.02. The van der Waals surface area contributed by atoms with Gasteiger partial charge in [0.2, 0.25) is 0 Å². The number of rotatable bonds is 7. The number of H-pyrrole nitrogens is 1. The maximum atomic E-state index is 13.7. The number of fused-ring (bicyclic) bond motifs is 1. The fraction of sp³-hybridized carbons (Fsp3) is 0.350. The zero-order valence-corrected chi connectivity index (χ0v) is 15.9. The van der Waals surface area contributed by atoms with Gasteiger partial charge in [0.15, 0.2) is 5.60 Å². The molecule has 0 saturated heterocycles. The van der Waals surface area contributed by atoms with E-state index >= 15 is 0 Å². The van der Waals surface area contributed by atoms with E-state index in [9.17, 15) is 18.3 Å². The maximum Gasteiger partial charge on any atom is 0.417 e. The first-order chi connectivity index (χ1) is 12.6. The Morgan fingerprint density at radius 3 is 2.70 bits per heavy atom. The number of pyridine rings is 1. The van der Waals surface area contributed by atoms with Crippen LogP contribution in [0.25, 0.3) is 10.9 Å². The molecule has 0 aliphatic heterocycles. The number of aliphatic hydroxyl groups is 1. The topological polar surface area (TPSA) is 48.9 Å². The third-order valence-electron chi connectivity index (χ3n) is 4.52. The van der Waals surface area contributed by atoms with Crippen LogP contribution in [-0.4, -0.2) is 26.9 Å². The number of hydrogen-bond donors (Lipinski definition) is 2. The van der Waals surface area contributed by atoms with E-state index in [2.05, 4.69) is 16.5 Å². The summed E-state index contributed by atoms with van der Waals surface area (Å²) in [7, 11) is 0. The van der Waals surface area contributed by atoms with Gasteiger partial charge in [-0.05, 0) is 43.0 Å². The number of halogens is 4. The van der Waals surface area contributed by atoms with E-state index in [4.69, 9.17) is 11.6 Å². The minimum absolute atomic E-state index is 0.292. The SMILES string of the molecule is C=C/C(=C\C(Cl)=C/C)C(C)CC(O)(Cc1cc2ccncc2[nH]1)C(F)(F)F. The Balaban J connectivity index is 2.32. The lowest BCUT2D eigenvalue weighted by molar-refractivity contribution is -0.264. The van der Waals surface area contributed by atoms with Crippen molar-refractivity contribution < 1.29 is 18.3 Å². The van der Waals surface area contributed by atoms with Crippen LogP contribution in [0, 0.1) is 5.92 Å². The summed E-state index contributed by atoms with van der Waals surface area (Å²) >= 11 is 5.96. The Hall–Kier alpha value is -2.05. The minimum atomic E-state index is -4.80. The number of hydrogen-bond acceptors (Lipinski definition) is 2. The molecule has 2 rings (SSSR count). The monoisotopic (exact) mass is 398 g/mol. The molecular formula is C20H22ClF3N2O. The molecule has 2 aromatic heterocycles. The summed E-state index contributed by atoms with van der Waals surface area (Å²) in [5.41, 5.74) is -1.45. The second-order valence-electron chi connectivity index (χ2n) is 6.59. The van der Waals surface area contributed by atoms with Gasteiger partial charge in [0.1, 0.15) is 0 Å². The summed E-state index contributed by atoms with van der Waals surface area (Å²) in [6, 6.07) is 3.29. The fourth-order valence-electron chi connectivity index (χ4n) is 3.00. The molecule has 0 aliphatic carbocycles. The summed E-state index contributed by atoms with van der Waals surface area (Å²) in [4.78, 5) is 6.83. The van der Waals surface area contributed by atoms with Gasteiger partial charge in [-0.1, -0.05) is 37.3 Å². The summed E-state index contributed by atoms with van der Waals surface area (Å²) in [5.74, 6) is -0.603. The average Bonchev–Trinajstić information content (AvgIpc) is 2.99. The second kappa shape index (κ2) is 8.31. The zero-order valence-electron chi connectivity index (χ0n) is 15.1. The van der Waals surface area contributed by atoms with Crippen LogP contribution < -0.4 is 0 Å². The van der Waals surface area contributed by atoms with E-state index in [1.165, 1.54) is 12.3 Å². The molecule has 2 heterocycles. The smallest absolute Gasteiger partial charge is 0.380 e. The molecule has 2 atom stereocenters. The highest BCUT2D eigenvalue weighted by Gasteiger charge is 2.54. The van der Waals surface area contributed by atoms with Crippen molar-refractivity contribution in [3.05, 3.63) is 65.6 Å². The standard InChI is InChI=1S/C20H22ClF3N2O/c1-4-14(8-16(21)5-2)13(3)10-19(27,20(22,23)24)11-17-9-15-6-7-25-12-18(15)26-17/h4-9,12-13,26-27H,1,10-11H2,2-3H3/b14-8+,16-5+. The van der Waals surface area contributed by atoms with Gasteiger partial charge in [0.05, 0.1) is 11.7 Å². The van der Waals surface area contributed by atoms with Crippen molar-refractivity contribution in [1.29, 1.82) is 0 Å². The largest absolute Gasteiger partial charge is 0.417 e. The molecule has 146 valence electrons. The molecule has 0 radical (unpaired) electrons. The molecule has 3 nitrogen and oxygen atoms in total. The molecule has 7 heteroatoms. The first-order valence-corrected chi connectivity index (χ1v) is 8.84. The van der Waals surface area contributed by atoms with Crippen molar-refractivity contribution >= 4 is 22.5 Å². The van der Waals surface area contributed by atoms with Crippen molar-refractivity contribution in [2.24, 2.45) is 5.92 Å². The molecule has 2 unspecified atom stereocenters.